The van der Waals surface area contributed by atoms with Gasteiger partial charge in [-0.15, -0.1) is 0 Å². The molecule has 0 aliphatic heterocycles. The largest absolute Gasteiger partial charge is 0.350 e. The second-order valence-electron chi connectivity index (χ2n) is 8.07. The highest BCUT2D eigenvalue weighted by Gasteiger charge is 2.27. The van der Waals surface area contributed by atoms with Crippen molar-refractivity contribution in [1.82, 2.24) is 5.32 Å². The van der Waals surface area contributed by atoms with Crippen LogP contribution in [-0.2, 0) is 21.2 Å². The highest BCUT2D eigenvalue weighted by atomic mass is 32.2. The minimum absolute atomic E-state index is 0.0751. The summed E-state index contributed by atoms with van der Waals surface area (Å²) in [7, 11) is -4.01. The van der Waals surface area contributed by atoms with Crippen molar-refractivity contribution in [3.05, 3.63) is 90.0 Å². The molecule has 2 amide bonds. The fraction of sp³-hybridized carbons (Fsp3) is 0.231. The van der Waals surface area contributed by atoms with Gasteiger partial charge in [0.1, 0.15) is 6.54 Å². The van der Waals surface area contributed by atoms with E-state index in [4.69, 9.17) is 0 Å². The summed E-state index contributed by atoms with van der Waals surface area (Å²) in [6, 6.07) is 21.6. The molecular weight excluding hydrogens is 450 g/mol. The Bertz CT molecular complexity index is 1240. The molecule has 3 aromatic rings. The molecule has 0 aromatic heterocycles. The van der Waals surface area contributed by atoms with Gasteiger partial charge in [-0.1, -0.05) is 49.4 Å². The highest BCUT2D eigenvalue weighted by molar-refractivity contribution is 7.92. The molecule has 0 unspecified atom stereocenters. The van der Waals surface area contributed by atoms with Gasteiger partial charge in [-0.2, -0.15) is 0 Å². The summed E-state index contributed by atoms with van der Waals surface area (Å²) in [5, 5.41) is 5.50. The minimum atomic E-state index is -4.01. The molecule has 0 aliphatic carbocycles. The molecule has 8 heteroatoms. The van der Waals surface area contributed by atoms with Gasteiger partial charge in [0.15, 0.2) is 0 Å². The van der Waals surface area contributed by atoms with E-state index in [1.807, 2.05) is 32.9 Å². The molecule has 3 aromatic carbocycles. The minimum Gasteiger partial charge on any atom is -0.350 e. The van der Waals surface area contributed by atoms with E-state index in [9.17, 15) is 18.0 Å². The molecule has 0 saturated heterocycles. The zero-order valence-electron chi connectivity index (χ0n) is 19.5. The predicted molar refractivity (Wildman–Crippen MR) is 134 cm³/mol. The summed E-state index contributed by atoms with van der Waals surface area (Å²) in [5.74, 6) is -0.890. The van der Waals surface area contributed by atoms with Crippen molar-refractivity contribution < 1.29 is 18.0 Å². The molecule has 2 N–H and O–H groups in total. The SMILES string of the molecule is CCc1ccc(N(CC(=O)Nc2ccccc2C(=O)NC(C)C)S(=O)(=O)c2ccccc2)cc1. The molecule has 0 saturated carbocycles. The average molecular weight is 480 g/mol. The lowest BCUT2D eigenvalue weighted by molar-refractivity contribution is -0.114. The molecule has 178 valence electrons. The number of carbonyl (C=O) groups is 2. The summed E-state index contributed by atoms with van der Waals surface area (Å²) in [5.41, 5.74) is 2.04. The van der Waals surface area contributed by atoms with Crippen LogP contribution in [0.15, 0.2) is 83.8 Å². The van der Waals surface area contributed by atoms with E-state index in [1.165, 1.54) is 12.1 Å². The Morgan fingerprint density at radius 1 is 0.882 bits per heavy atom. The molecule has 0 atom stereocenters. The normalized spacial score (nSPS) is 11.2. The quantitative estimate of drug-likeness (QED) is 0.480. The van der Waals surface area contributed by atoms with E-state index in [-0.39, 0.29) is 16.8 Å². The number of carbonyl (C=O) groups excluding carboxylic acids is 2. The highest BCUT2D eigenvalue weighted by Crippen LogP contribution is 2.25. The maximum Gasteiger partial charge on any atom is 0.264 e. The van der Waals surface area contributed by atoms with Gasteiger partial charge in [0.2, 0.25) is 5.91 Å². The van der Waals surface area contributed by atoms with Crippen molar-refractivity contribution in [2.45, 2.75) is 38.1 Å². The number of aryl methyl sites for hydroxylation is 1. The first kappa shape index (κ1) is 25.0. The molecule has 0 fully saturated rings. The zero-order valence-corrected chi connectivity index (χ0v) is 20.3. The van der Waals surface area contributed by atoms with Gasteiger partial charge in [0.25, 0.3) is 15.9 Å². The number of anilines is 2. The number of nitrogens with zero attached hydrogens (tertiary/aromatic N) is 1. The number of hydrogen-bond acceptors (Lipinski definition) is 4. The Labute approximate surface area is 200 Å². The molecular formula is C26H29N3O4S. The van der Waals surface area contributed by atoms with E-state index >= 15 is 0 Å². The van der Waals surface area contributed by atoms with E-state index in [2.05, 4.69) is 10.6 Å². The van der Waals surface area contributed by atoms with E-state index < -0.39 is 22.5 Å². The van der Waals surface area contributed by atoms with Gasteiger partial charge in [-0.25, -0.2) is 8.42 Å². The summed E-state index contributed by atoms with van der Waals surface area (Å²) < 4.78 is 28.0. The van der Waals surface area contributed by atoms with Crippen LogP contribution in [0.25, 0.3) is 0 Å². The summed E-state index contributed by atoms with van der Waals surface area (Å²) >= 11 is 0. The number of nitrogens with one attached hydrogen (secondary N) is 2. The number of amides is 2. The van der Waals surface area contributed by atoms with Crippen LogP contribution in [0.1, 0.15) is 36.7 Å². The van der Waals surface area contributed by atoms with Gasteiger partial charge >= 0.3 is 0 Å². The van der Waals surface area contributed by atoms with Gasteiger partial charge in [0, 0.05) is 6.04 Å². The second-order valence-corrected chi connectivity index (χ2v) is 9.93. The van der Waals surface area contributed by atoms with Crippen molar-refractivity contribution in [3.8, 4) is 0 Å². The van der Waals surface area contributed by atoms with E-state index in [1.54, 1.807) is 54.6 Å². The first-order valence-corrected chi connectivity index (χ1v) is 12.5. The van der Waals surface area contributed by atoms with Crippen molar-refractivity contribution >= 4 is 33.2 Å². The topological polar surface area (TPSA) is 95.6 Å². The molecule has 3 rings (SSSR count). The molecule has 7 nitrogen and oxygen atoms in total. The van der Waals surface area contributed by atoms with Crippen LogP contribution >= 0.6 is 0 Å². The fourth-order valence-electron chi connectivity index (χ4n) is 3.38. The second kappa shape index (κ2) is 11.0. The number of hydrogen-bond donors (Lipinski definition) is 2. The fourth-order valence-corrected chi connectivity index (χ4v) is 4.82. The van der Waals surface area contributed by atoms with Crippen molar-refractivity contribution in [1.29, 1.82) is 0 Å². The summed E-state index contributed by atoms with van der Waals surface area (Å²) in [6.07, 6.45) is 0.807. The number of rotatable bonds is 9. The molecule has 0 bridgehead atoms. The average Bonchev–Trinajstić information content (AvgIpc) is 2.83. The van der Waals surface area contributed by atoms with E-state index in [0.717, 1.165) is 16.3 Å². The summed E-state index contributed by atoms with van der Waals surface area (Å²) in [6.45, 7) is 5.24. The number of benzene rings is 3. The maximum atomic E-state index is 13.5. The third-order valence-electron chi connectivity index (χ3n) is 5.12. The van der Waals surface area contributed by atoms with Crippen LogP contribution in [0.4, 0.5) is 11.4 Å². The molecule has 34 heavy (non-hydrogen) atoms. The third kappa shape index (κ3) is 6.02. The van der Waals surface area contributed by atoms with Gasteiger partial charge in [-0.3, -0.25) is 13.9 Å². The number of para-hydroxylation sites is 1. The third-order valence-corrected chi connectivity index (χ3v) is 6.90. The van der Waals surface area contributed by atoms with Gasteiger partial charge < -0.3 is 10.6 Å². The van der Waals surface area contributed by atoms with Crippen LogP contribution in [-0.4, -0.2) is 32.8 Å². The van der Waals surface area contributed by atoms with Crippen LogP contribution in [0.3, 0.4) is 0 Å². The van der Waals surface area contributed by atoms with Crippen molar-refractivity contribution in [2.75, 3.05) is 16.2 Å². The Kier molecular flexibility index (Phi) is 8.07. The first-order valence-electron chi connectivity index (χ1n) is 11.1. The van der Waals surface area contributed by atoms with Crippen LogP contribution in [0.2, 0.25) is 0 Å². The lowest BCUT2D eigenvalue weighted by atomic mass is 10.1. The number of sulfonamides is 1. The zero-order chi connectivity index (χ0) is 24.7. The van der Waals surface area contributed by atoms with Crippen molar-refractivity contribution in [3.63, 3.8) is 0 Å². The standard InChI is InChI=1S/C26H29N3O4S/c1-4-20-14-16-21(17-15-20)29(34(32,33)22-10-6-5-7-11-22)18-25(30)28-24-13-9-8-12-23(24)26(31)27-19(2)3/h5-17,19H,4,18H2,1-3H3,(H,27,31)(H,28,30). The van der Waals surface area contributed by atoms with Gasteiger partial charge in [0.05, 0.1) is 21.8 Å². The van der Waals surface area contributed by atoms with Gasteiger partial charge in [-0.05, 0) is 62.2 Å². The van der Waals surface area contributed by atoms with Crippen molar-refractivity contribution in [2.24, 2.45) is 0 Å². The Morgan fingerprint density at radius 3 is 2.12 bits per heavy atom. The lowest BCUT2D eigenvalue weighted by Crippen LogP contribution is -2.38. The molecule has 0 aliphatic rings. The Hall–Kier alpha value is -3.65. The predicted octanol–water partition coefficient (Wildman–Crippen LogP) is 4.22. The Balaban J connectivity index is 1.92. The summed E-state index contributed by atoms with van der Waals surface area (Å²) in [4.78, 5) is 25.7. The lowest BCUT2D eigenvalue weighted by Gasteiger charge is -2.24. The smallest absolute Gasteiger partial charge is 0.264 e. The first-order chi connectivity index (χ1) is 16.2. The Morgan fingerprint density at radius 2 is 1.50 bits per heavy atom. The molecule has 0 spiro atoms. The van der Waals surface area contributed by atoms with Crippen LogP contribution in [0, 0.1) is 0 Å². The maximum absolute atomic E-state index is 13.5. The van der Waals surface area contributed by atoms with E-state index in [0.29, 0.717) is 16.9 Å². The molecule has 0 heterocycles. The van der Waals surface area contributed by atoms with Crippen LogP contribution in [0.5, 0.6) is 0 Å². The molecule has 0 radical (unpaired) electrons. The monoisotopic (exact) mass is 479 g/mol. The van der Waals surface area contributed by atoms with Crippen LogP contribution < -0.4 is 14.9 Å².